The minimum absolute atomic E-state index is 0.289. The number of guanidine groups is 1. The van der Waals surface area contributed by atoms with Crippen LogP contribution in [0.3, 0.4) is 0 Å². The van der Waals surface area contributed by atoms with Crippen LogP contribution in [0.2, 0.25) is 0 Å². The summed E-state index contributed by atoms with van der Waals surface area (Å²) in [7, 11) is 2.03. The molecule has 0 radical (unpaired) electrons. The summed E-state index contributed by atoms with van der Waals surface area (Å²) in [6, 6.07) is 0. The predicted molar refractivity (Wildman–Crippen MR) is 121 cm³/mol. The summed E-state index contributed by atoms with van der Waals surface area (Å²) >= 11 is 0. The van der Waals surface area contributed by atoms with Gasteiger partial charge in [0.1, 0.15) is 0 Å². The van der Waals surface area contributed by atoms with E-state index in [4.69, 9.17) is 4.99 Å². The second-order valence-electron chi connectivity index (χ2n) is 8.22. The van der Waals surface area contributed by atoms with Crippen LogP contribution in [-0.4, -0.2) is 88.7 Å². The van der Waals surface area contributed by atoms with E-state index in [2.05, 4.69) is 41.0 Å². The van der Waals surface area contributed by atoms with Gasteiger partial charge < -0.3 is 15.1 Å². The van der Waals surface area contributed by atoms with Gasteiger partial charge in [0.05, 0.1) is 18.8 Å². The number of nitrogens with one attached hydrogen (secondary N) is 1. The molecule has 2 aliphatic heterocycles. The Morgan fingerprint density at radius 3 is 2.30 bits per heavy atom. The number of carbonyl (C=O) groups excluding carboxylic acids is 1. The first-order chi connectivity index (χ1) is 14.6. The molecule has 2 aliphatic rings. The van der Waals surface area contributed by atoms with Crippen LogP contribution >= 0.6 is 0 Å². The molecule has 1 aromatic rings. The van der Waals surface area contributed by atoms with Crippen molar-refractivity contribution in [1.82, 2.24) is 29.8 Å². The molecule has 168 valence electrons. The first-order valence-corrected chi connectivity index (χ1v) is 11.6. The molecule has 8 heteroatoms. The largest absolute Gasteiger partial charge is 0.357 e. The molecule has 2 saturated heterocycles. The van der Waals surface area contributed by atoms with E-state index in [0.717, 1.165) is 83.2 Å². The highest BCUT2D eigenvalue weighted by Crippen LogP contribution is 2.17. The summed E-state index contributed by atoms with van der Waals surface area (Å²) in [5.74, 6) is 1.26. The SMILES string of the molecule is CCNC(=NCc1c(CC)nn(C)c1CC)N1CCN(CC(=O)N2CCCC2)CC1. The monoisotopic (exact) mass is 417 g/mol. The number of piperazine rings is 1. The number of amides is 1. The van der Waals surface area contributed by atoms with Crippen molar-refractivity contribution in [3.05, 3.63) is 17.0 Å². The number of nitrogens with zero attached hydrogens (tertiary/aromatic N) is 6. The molecule has 0 bridgehead atoms. The Hall–Kier alpha value is -2.09. The normalized spacial score (nSPS) is 18.3. The maximum Gasteiger partial charge on any atom is 0.236 e. The Bertz CT molecular complexity index is 728. The summed E-state index contributed by atoms with van der Waals surface area (Å²) in [6.07, 6.45) is 4.20. The average molecular weight is 418 g/mol. The van der Waals surface area contributed by atoms with E-state index >= 15 is 0 Å². The Morgan fingerprint density at radius 2 is 1.70 bits per heavy atom. The van der Waals surface area contributed by atoms with E-state index in [0.29, 0.717) is 13.1 Å². The molecule has 3 heterocycles. The summed E-state index contributed by atoms with van der Waals surface area (Å²) in [4.78, 5) is 24.0. The number of aryl methyl sites for hydroxylation is 2. The van der Waals surface area contributed by atoms with Gasteiger partial charge in [-0.1, -0.05) is 13.8 Å². The number of aliphatic imine (C=N–C) groups is 1. The van der Waals surface area contributed by atoms with Crippen LogP contribution < -0.4 is 5.32 Å². The number of carbonyl (C=O) groups is 1. The van der Waals surface area contributed by atoms with Crippen molar-refractivity contribution in [2.24, 2.45) is 12.0 Å². The van der Waals surface area contributed by atoms with Crippen LogP contribution in [0.25, 0.3) is 0 Å². The molecule has 8 nitrogen and oxygen atoms in total. The third kappa shape index (κ3) is 5.33. The minimum Gasteiger partial charge on any atom is -0.357 e. The topological polar surface area (TPSA) is 69.0 Å². The average Bonchev–Trinajstić information content (AvgIpc) is 3.39. The minimum atomic E-state index is 0.289. The zero-order chi connectivity index (χ0) is 21.5. The fraction of sp³-hybridized carbons (Fsp3) is 0.773. The third-order valence-corrected chi connectivity index (χ3v) is 6.24. The van der Waals surface area contributed by atoms with Crippen molar-refractivity contribution in [3.63, 3.8) is 0 Å². The van der Waals surface area contributed by atoms with E-state index in [1.54, 1.807) is 0 Å². The van der Waals surface area contributed by atoms with Gasteiger partial charge in [-0.05, 0) is 32.6 Å². The molecule has 0 unspecified atom stereocenters. The van der Waals surface area contributed by atoms with E-state index in [-0.39, 0.29) is 5.91 Å². The lowest BCUT2D eigenvalue weighted by Crippen LogP contribution is -2.54. The van der Waals surface area contributed by atoms with Crippen LogP contribution in [-0.2, 0) is 31.2 Å². The van der Waals surface area contributed by atoms with Crippen LogP contribution in [0, 0.1) is 0 Å². The Balaban J connectivity index is 1.60. The van der Waals surface area contributed by atoms with Gasteiger partial charge >= 0.3 is 0 Å². The van der Waals surface area contributed by atoms with Crippen molar-refractivity contribution >= 4 is 11.9 Å². The molecular weight excluding hydrogens is 378 g/mol. The fourth-order valence-corrected chi connectivity index (χ4v) is 4.53. The van der Waals surface area contributed by atoms with E-state index in [1.165, 1.54) is 11.3 Å². The summed E-state index contributed by atoms with van der Waals surface area (Å²) in [5, 5.41) is 8.14. The highest BCUT2D eigenvalue weighted by molar-refractivity contribution is 5.80. The number of rotatable bonds is 7. The van der Waals surface area contributed by atoms with Gasteiger partial charge in [0.2, 0.25) is 5.91 Å². The number of likely N-dealkylation sites (tertiary alicyclic amines) is 1. The van der Waals surface area contributed by atoms with Crippen molar-refractivity contribution in [2.45, 2.75) is 53.0 Å². The molecule has 0 atom stereocenters. The molecule has 3 rings (SSSR count). The molecule has 2 fully saturated rings. The zero-order valence-electron chi connectivity index (χ0n) is 19.3. The lowest BCUT2D eigenvalue weighted by atomic mass is 10.1. The van der Waals surface area contributed by atoms with E-state index in [1.807, 2.05) is 16.6 Å². The van der Waals surface area contributed by atoms with Gasteiger partial charge in [-0.3, -0.25) is 14.4 Å². The predicted octanol–water partition coefficient (Wildman–Crippen LogP) is 1.25. The second-order valence-corrected chi connectivity index (χ2v) is 8.22. The Kier molecular flexibility index (Phi) is 8.13. The maximum absolute atomic E-state index is 12.4. The molecule has 0 spiro atoms. The summed E-state index contributed by atoms with van der Waals surface area (Å²) < 4.78 is 2.01. The van der Waals surface area contributed by atoms with Crippen molar-refractivity contribution in [3.8, 4) is 0 Å². The number of aromatic nitrogens is 2. The van der Waals surface area contributed by atoms with Gasteiger partial charge in [0, 0.05) is 64.1 Å². The molecule has 1 amide bonds. The van der Waals surface area contributed by atoms with E-state index < -0.39 is 0 Å². The summed E-state index contributed by atoms with van der Waals surface area (Å²) in [5.41, 5.74) is 3.70. The summed E-state index contributed by atoms with van der Waals surface area (Å²) in [6.45, 7) is 14.0. The van der Waals surface area contributed by atoms with Crippen LogP contribution in [0.5, 0.6) is 0 Å². The van der Waals surface area contributed by atoms with Crippen LogP contribution in [0.4, 0.5) is 0 Å². The van der Waals surface area contributed by atoms with Crippen molar-refractivity contribution in [1.29, 1.82) is 0 Å². The quantitative estimate of drug-likeness (QED) is 0.534. The highest BCUT2D eigenvalue weighted by atomic mass is 16.2. The molecular formula is C22H39N7O. The van der Waals surface area contributed by atoms with Gasteiger partial charge in [0.25, 0.3) is 0 Å². The molecule has 1 N–H and O–H groups in total. The molecule has 0 aromatic carbocycles. The molecule has 0 saturated carbocycles. The second kappa shape index (κ2) is 10.8. The maximum atomic E-state index is 12.4. The van der Waals surface area contributed by atoms with Gasteiger partial charge in [-0.25, -0.2) is 4.99 Å². The van der Waals surface area contributed by atoms with Gasteiger partial charge in [0.15, 0.2) is 5.96 Å². The van der Waals surface area contributed by atoms with Gasteiger partial charge in [-0.15, -0.1) is 0 Å². The molecule has 0 aliphatic carbocycles. The van der Waals surface area contributed by atoms with Crippen LogP contribution in [0.15, 0.2) is 4.99 Å². The highest BCUT2D eigenvalue weighted by Gasteiger charge is 2.24. The third-order valence-electron chi connectivity index (χ3n) is 6.24. The first-order valence-electron chi connectivity index (χ1n) is 11.6. The smallest absolute Gasteiger partial charge is 0.236 e. The lowest BCUT2D eigenvalue weighted by Gasteiger charge is -2.36. The number of hydrogen-bond acceptors (Lipinski definition) is 4. The van der Waals surface area contributed by atoms with Crippen LogP contribution in [0.1, 0.15) is 50.6 Å². The Morgan fingerprint density at radius 1 is 1.00 bits per heavy atom. The lowest BCUT2D eigenvalue weighted by molar-refractivity contribution is -0.131. The first kappa shape index (κ1) is 22.6. The van der Waals surface area contributed by atoms with Gasteiger partial charge in [-0.2, -0.15) is 5.10 Å². The van der Waals surface area contributed by atoms with E-state index in [9.17, 15) is 4.79 Å². The Labute approximate surface area is 181 Å². The number of hydrogen-bond donors (Lipinski definition) is 1. The zero-order valence-corrected chi connectivity index (χ0v) is 19.3. The molecule has 1 aromatic heterocycles. The fourth-order valence-electron chi connectivity index (χ4n) is 4.53. The van der Waals surface area contributed by atoms with Crippen molar-refractivity contribution in [2.75, 3.05) is 52.4 Å². The molecule has 30 heavy (non-hydrogen) atoms. The standard InChI is InChI=1S/C22H39N7O/c1-5-19-18(20(6-2)26(4)25-19)16-24-22(23-7-3)29-14-12-27(13-15-29)17-21(30)28-10-8-9-11-28/h5-17H2,1-4H3,(H,23,24). The van der Waals surface area contributed by atoms with Crippen molar-refractivity contribution < 1.29 is 4.79 Å².